The molecule has 1 N–H and O–H groups in total. The lowest BCUT2D eigenvalue weighted by atomic mass is 10.0. The lowest BCUT2D eigenvalue weighted by Gasteiger charge is -2.22. The average Bonchev–Trinajstić information content (AvgIpc) is 2.34. The van der Waals surface area contributed by atoms with Crippen LogP contribution in [0.3, 0.4) is 0 Å². The number of hydrogen-bond acceptors (Lipinski definition) is 3. The fourth-order valence-corrected chi connectivity index (χ4v) is 1.91. The van der Waals surface area contributed by atoms with Crippen LogP contribution in [0, 0.1) is 5.82 Å². The maximum Gasteiger partial charge on any atom is 0.156 e. The van der Waals surface area contributed by atoms with E-state index < -0.39 is 5.82 Å². The lowest BCUT2D eigenvalue weighted by Crippen LogP contribution is -2.47. The van der Waals surface area contributed by atoms with Crippen molar-refractivity contribution < 1.29 is 13.9 Å². The summed E-state index contributed by atoms with van der Waals surface area (Å²) in [4.78, 5) is 11.9. The number of Topliss-reactive ketones (excluding diaryl/α,β-unsaturated/α-hetero) is 1. The molecule has 0 saturated carbocycles. The van der Waals surface area contributed by atoms with Crippen molar-refractivity contribution in [2.45, 2.75) is 12.5 Å². The summed E-state index contributed by atoms with van der Waals surface area (Å²) in [6.07, 6.45) is 0.0596. The van der Waals surface area contributed by atoms with Gasteiger partial charge in [0.2, 0.25) is 0 Å². The second-order valence-electron chi connectivity index (χ2n) is 3.96. The van der Waals surface area contributed by atoms with Crippen LogP contribution in [0.2, 0.25) is 5.02 Å². The number of carbonyl (C=O) groups is 1. The summed E-state index contributed by atoms with van der Waals surface area (Å²) < 4.78 is 18.7. The van der Waals surface area contributed by atoms with E-state index in [0.717, 1.165) is 0 Å². The van der Waals surface area contributed by atoms with Gasteiger partial charge in [-0.1, -0.05) is 17.7 Å². The number of benzene rings is 1. The van der Waals surface area contributed by atoms with E-state index in [4.69, 9.17) is 16.3 Å². The van der Waals surface area contributed by atoms with Crippen molar-refractivity contribution in [3.8, 4) is 0 Å². The zero-order valence-corrected chi connectivity index (χ0v) is 9.97. The van der Waals surface area contributed by atoms with Crippen LogP contribution in [0.15, 0.2) is 18.2 Å². The molecular formula is C12H13ClFNO2. The molecule has 1 unspecified atom stereocenters. The summed E-state index contributed by atoms with van der Waals surface area (Å²) >= 11 is 5.64. The molecule has 1 aromatic carbocycles. The summed E-state index contributed by atoms with van der Waals surface area (Å²) in [5.74, 6) is -0.506. The molecule has 0 aromatic heterocycles. The van der Waals surface area contributed by atoms with Gasteiger partial charge in [0, 0.05) is 18.0 Å². The Morgan fingerprint density at radius 3 is 3.06 bits per heavy atom. The molecule has 2 rings (SSSR count). The molecular weight excluding hydrogens is 245 g/mol. The molecule has 0 radical (unpaired) electrons. The van der Waals surface area contributed by atoms with Crippen LogP contribution in [0.5, 0.6) is 0 Å². The van der Waals surface area contributed by atoms with Gasteiger partial charge in [0.15, 0.2) is 5.78 Å². The molecule has 1 aliphatic heterocycles. The molecule has 5 heteroatoms. The largest absolute Gasteiger partial charge is 0.378 e. The van der Waals surface area contributed by atoms with E-state index in [0.29, 0.717) is 30.3 Å². The van der Waals surface area contributed by atoms with Gasteiger partial charge in [-0.3, -0.25) is 4.79 Å². The van der Waals surface area contributed by atoms with Crippen LogP contribution >= 0.6 is 11.6 Å². The monoisotopic (exact) mass is 257 g/mol. The van der Waals surface area contributed by atoms with E-state index in [9.17, 15) is 9.18 Å². The molecule has 0 aliphatic carbocycles. The maximum absolute atomic E-state index is 13.5. The van der Waals surface area contributed by atoms with E-state index in [1.54, 1.807) is 12.1 Å². The second-order valence-corrected chi connectivity index (χ2v) is 4.40. The van der Waals surface area contributed by atoms with Crippen molar-refractivity contribution in [3.63, 3.8) is 0 Å². The van der Waals surface area contributed by atoms with Crippen molar-refractivity contribution in [2.75, 3.05) is 19.8 Å². The fourth-order valence-electron chi connectivity index (χ4n) is 1.75. The van der Waals surface area contributed by atoms with E-state index >= 15 is 0 Å². The lowest BCUT2D eigenvalue weighted by molar-refractivity contribution is -0.123. The average molecular weight is 258 g/mol. The van der Waals surface area contributed by atoms with Crippen molar-refractivity contribution in [1.29, 1.82) is 0 Å². The van der Waals surface area contributed by atoms with Crippen LogP contribution in [-0.4, -0.2) is 31.6 Å². The molecule has 3 nitrogen and oxygen atoms in total. The molecule has 17 heavy (non-hydrogen) atoms. The number of hydrogen-bond donors (Lipinski definition) is 1. The van der Waals surface area contributed by atoms with Crippen LogP contribution in [0.4, 0.5) is 4.39 Å². The molecule has 1 aromatic rings. The Morgan fingerprint density at radius 2 is 2.41 bits per heavy atom. The van der Waals surface area contributed by atoms with Crippen molar-refractivity contribution in [2.24, 2.45) is 0 Å². The SMILES string of the molecule is O=C(Cc1ccc(Cl)cc1F)C1COCCN1. The molecule has 1 aliphatic rings. The Hall–Kier alpha value is -0.970. The first-order chi connectivity index (χ1) is 8.16. The number of carbonyl (C=O) groups excluding carboxylic acids is 1. The fraction of sp³-hybridized carbons (Fsp3) is 0.417. The maximum atomic E-state index is 13.5. The minimum absolute atomic E-state index is 0.0596. The first-order valence-corrected chi connectivity index (χ1v) is 5.82. The topological polar surface area (TPSA) is 38.3 Å². The minimum Gasteiger partial charge on any atom is -0.378 e. The molecule has 0 spiro atoms. The third kappa shape index (κ3) is 3.25. The first-order valence-electron chi connectivity index (χ1n) is 5.44. The van der Waals surface area contributed by atoms with Crippen LogP contribution in [0.25, 0.3) is 0 Å². The summed E-state index contributed by atoms with van der Waals surface area (Å²) in [7, 11) is 0. The van der Waals surface area contributed by atoms with E-state index in [1.807, 2.05) is 0 Å². The van der Waals surface area contributed by atoms with Gasteiger partial charge in [-0.15, -0.1) is 0 Å². The van der Waals surface area contributed by atoms with Crippen LogP contribution < -0.4 is 5.32 Å². The molecule has 1 fully saturated rings. The third-order valence-electron chi connectivity index (χ3n) is 2.69. The quantitative estimate of drug-likeness (QED) is 0.894. The number of halogens is 2. The summed E-state index contributed by atoms with van der Waals surface area (Å²) in [5, 5.41) is 3.38. The van der Waals surface area contributed by atoms with E-state index in [-0.39, 0.29) is 18.2 Å². The highest BCUT2D eigenvalue weighted by Crippen LogP contribution is 2.15. The molecule has 0 amide bonds. The Balaban J connectivity index is 2.02. The molecule has 1 heterocycles. The Morgan fingerprint density at radius 1 is 1.59 bits per heavy atom. The second kappa shape index (κ2) is 5.58. The van der Waals surface area contributed by atoms with Crippen LogP contribution in [0.1, 0.15) is 5.56 Å². The van der Waals surface area contributed by atoms with Gasteiger partial charge in [0.25, 0.3) is 0 Å². The van der Waals surface area contributed by atoms with Gasteiger partial charge in [0.05, 0.1) is 19.3 Å². The molecule has 1 atom stereocenters. The number of rotatable bonds is 3. The van der Waals surface area contributed by atoms with Crippen molar-refractivity contribution >= 4 is 17.4 Å². The zero-order valence-electron chi connectivity index (χ0n) is 9.21. The zero-order chi connectivity index (χ0) is 12.3. The number of ketones is 1. The normalized spacial score (nSPS) is 20.2. The summed E-state index contributed by atoms with van der Waals surface area (Å²) in [6, 6.07) is 4.01. The summed E-state index contributed by atoms with van der Waals surface area (Å²) in [5.41, 5.74) is 0.367. The van der Waals surface area contributed by atoms with Gasteiger partial charge in [-0.05, 0) is 17.7 Å². The minimum atomic E-state index is -0.442. The van der Waals surface area contributed by atoms with Gasteiger partial charge < -0.3 is 10.1 Å². The highest BCUT2D eigenvalue weighted by Gasteiger charge is 2.22. The van der Waals surface area contributed by atoms with E-state index in [1.165, 1.54) is 6.07 Å². The van der Waals surface area contributed by atoms with Crippen molar-refractivity contribution in [3.05, 3.63) is 34.6 Å². The van der Waals surface area contributed by atoms with Gasteiger partial charge in [-0.2, -0.15) is 0 Å². The number of morpholine rings is 1. The van der Waals surface area contributed by atoms with Gasteiger partial charge in [0.1, 0.15) is 5.82 Å². The van der Waals surface area contributed by atoms with Crippen molar-refractivity contribution in [1.82, 2.24) is 5.32 Å². The molecule has 0 bridgehead atoms. The highest BCUT2D eigenvalue weighted by molar-refractivity contribution is 6.30. The predicted octanol–water partition coefficient (Wildman–Crippen LogP) is 1.58. The van der Waals surface area contributed by atoms with Crippen LogP contribution in [-0.2, 0) is 16.0 Å². The third-order valence-corrected chi connectivity index (χ3v) is 2.93. The highest BCUT2D eigenvalue weighted by atomic mass is 35.5. The molecule has 92 valence electrons. The Kier molecular flexibility index (Phi) is 4.10. The number of nitrogens with one attached hydrogen (secondary N) is 1. The molecule has 1 saturated heterocycles. The summed E-state index contributed by atoms with van der Waals surface area (Å²) in [6.45, 7) is 1.62. The standard InChI is InChI=1S/C12H13ClFNO2/c13-9-2-1-8(10(14)6-9)5-12(16)11-7-17-4-3-15-11/h1-2,6,11,15H,3-5,7H2. The van der Waals surface area contributed by atoms with Gasteiger partial charge in [-0.25, -0.2) is 4.39 Å². The Bertz CT molecular complexity index is 419. The van der Waals surface area contributed by atoms with Gasteiger partial charge >= 0.3 is 0 Å². The number of ether oxygens (including phenoxy) is 1. The predicted molar refractivity (Wildman–Crippen MR) is 62.7 cm³/mol. The van der Waals surface area contributed by atoms with E-state index in [2.05, 4.69) is 5.32 Å². The Labute approximate surface area is 104 Å². The first kappa shape index (κ1) is 12.5. The smallest absolute Gasteiger partial charge is 0.156 e.